The quantitative estimate of drug-likeness (QED) is 0.485. The molecule has 2 aromatic rings. The van der Waals surface area contributed by atoms with Gasteiger partial charge in [-0.15, -0.1) is 11.3 Å². The first kappa shape index (κ1) is 15.1. The molecular weight excluding hydrogens is 290 g/mol. The summed E-state index contributed by atoms with van der Waals surface area (Å²) in [6.07, 6.45) is -0.0901. The van der Waals surface area contributed by atoms with E-state index < -0.39 is 5.97 Å². The summed E-state index contributed by atoms with van der Waals surface area (Å²) in [5.41, 5.74) is 1.44. The first-order valence-corrected chi connectivity index (χ1v) is 7.19. The van der Waals surface area contributed by atoms with Crippen LogP contribution in [0.3, 0.4) is 0 Å². The summed E-state index contributed by atoms with van der Waals surface area (Å²) in [6.45, 7) is 0.0271. The molecule has 0 aliphatic rings. The number of aliphatic carboxylic acids is 1. The summed E-state index contributed by atoms with van der Waals surface area (Å²) >= 11 is 1.53. The van der Waals surface area contributed by atoms with Gasteiger partial charge < -0.3 is 14.7 Å². The third kappa shape index (κ3) is 4.06. The van der Waals surface area contributed by atoms with Crippen LogP contribution in [-0.2, 0) is 9.63 Å². The molecular formula is C15H15NO4S. The van der Waals surface area contributed by atoms with Gasteiger partial charge in [-0.2, -0.15) is 0 Å². The predicted octanol–water partition coefficient (Wildman–Crippen LogP) is 3.00. The number of ether oxygens (including phenoxy) is 1. The molecule has 1 aromatic carbocycles. The molecule has 0 radical (unpaired) electrons. The highest BCUT2D eigenvalue weighted by atomic mass is 32.1. The van der Waals surface area contributed by atoms with E-state index in [1.165, 1.54) is 11.3 Å². The maximum Gasteiger partial charge on any atom is 0.306 e. The number of hydrogen-bond acceptors (Lipinski definition) is 5. The van der Waals surface area contributed by atoms with Gasteiger partial charge in [-0.1, -0.05) is 23.4 Å². The van der Waals surface area contributed by atoms with E-state index in [0.717, 1.165) is 10.4 Å². The van der Waals surface area contributed by atoms with Gasteiger partial charge in [-0.3, -0.25) is 4.79 Å². The number of thiophene rings is 1. The van der Waals surface area contributed by atoms with E-state index in [2.05, 4.69) is 5.16 Å². The van der Waals surface area contributed by atoms with Crippen molar-refractivity contribution in [3.63, 3.8) is 0 Å². The number of methoxy groups -OCH3 is 1. The second-order valence-corrected chi connectivity index (χ2v) is 5.04. The maximum absolute atomic E-state index is 10.5. The van der Waals surface area contributed by atoms with E-state index >= 15 is 0 Å². The third-order valence-corrected chi connectivity index (χ3v) is 3.56. The summed E-state index contributed by atoms with van der Waals surface area (Å²) in [5.74, 6) is -0.230. The molecule has 2 rings (SSSR count). The number of carboxylic acids is 1. The summed E-state index contributed by atoms with van der Waals surface area (Å²) in [4.78, 5) is 16.6. The van der Waals surface area contributed by atoms with Gasteiger partial charge in [0, 0.05) is 5.56 Å². The minimum atomic E-state index is -0.917. The van der Waals surface area contributed by atoms with Crippen LogP contribution in [0.25, 0.3) is 0 Å². The van der Waals surface area contributed by atoms with Gasteiger partial charge in [-0.05, 0) is 23.6 Å². The Kier molecular flexibility index (Phi) is 5.34. The Hall–Kier alpha value is -2.34. The van der Waals surface area contributed by atoms with E-state index in [0.29, 0.717) is 11.5 Å². The van der Waals surface area contributed by atoms with E-state index in [4.69, 9.17) is 14.7 Å². The zero-order chi connectivity index (χ0) is 15.1. The lowest BCUT2D eigenvalue weighted by Gasteiger charge is -2.09. The lowest BCUT2D eigenvalue weighted by Crippen LogP contribution is -2.06. The number of para-hydroxylation sites is 1. The first-order chi connectivity index (χ1) is 10.2. The van der Waals surface area contributed by atoms with Crippen molar-refractivity contribution in [1.29, 1.82) is 0 Å². The molecule has 0 amide bonds. The summed E-state index contributed by atoms with van der Waals surface area (Å²) in [7, 11) is 1.59. The second kappa shape index (κ2) is 7.44. The molecule has 0 unspecified atom stereocenters. The molecule has 0 fully saturated rings. The monoisotopic (exact) mass is 305 g/mol. The number of benzene rings is 1. The minimum absolute atomic E-state index is 0.0271. The van der Waals surface area contributed by atoms with Crippen LogP contribution in [0.5, 0.6) is 5.75 Å². The highest BCUT2D eigenvalue weighted by Gasteiger charge is 2.14. The molecule has 110 valence electrons. The molecule has 5 nitrogen and oxygen atoms in total. The topological polar surface area (TPSA) is 68.1 Å². The van der Waals surface area contributed by atoms with Crippen molar-refractivity contribution in [2.75, 3.05) is 13.7 Å². The average molecular weight is 305 g/mol. The Labute approximate surface area is 126 Å². The van der Waals surface area contributed by atoms with Crippen LogP contribution in [0.1, 0.15) is 16.9 Å². The number of carboxylic acid groups (broad SMARTS) is 1. The minimum Gasteiger partial charge on any atom is -0.496 e. The molecule has 0 saturated carbocycles. The fourth-order valence-corrected chi connectivity index (χ4v) is 2.44. The molecule has 1 heterocycles. The maximum atomic E-state index is 10.5. The van der Waals surface area contributed by atoms with Crippen molar-refractivity contribution in [2.45, 2.75) is 6.42 Å². The van der Waals surface area contributed by atoms with Crippen LogP contribution < -0.4 is 4.74 Å². The number of carbonyl (C=O) groups is 1. The fraction of sp³-hybridized carbons (Fsp3) is 0.200. The third-order valence-electron chi connectivity index (χ3n) is 2.68. The van der Waals surface area contributed by atoms with Crippen LogP contribution in [0.15, 0.2) is 46.9 Å². The standard InChI is InChI=1S/C15H15NO4S/c1-19-12-6-3-2-5-11(12)15(13-7-4-10-21-13)16-20-9-8-14(17)18/h2-7,10H,8-9H2,1H3,(H,17,18)/b16-15+. The Morgan fingerprint density at radius 1 is 1.29 bits per heavy atom. The first-order valence-electron chi connectivity index (χ1n) is 6.31. The number of rotatable bonds is 7. The fourth-order valence-electron chi connectivity index (χ4n) is 1.72. The van der Waals surface area contributed by atoms with Crippen LogP contribution in [0.2, 0.25) is 0 Å². The van der Waals surface area contributed by atoms with Crippen LogP contribution in [-0.4, -0.2) is 30.5 Å². The molecule has 1 N–H and O–H groups in total. The molecule has 0 spiro atoms. The highest BCUT2D eigenvalue weighted by Crippen LogP contribution is 2.24. The van der Waals surface area contributed by atoms with Gasteiger partial charge in [0.1, 0.15) is 18.1 Å². The molecule has 0 aliphatic carbocycles. The molecule has 1 aromatic heterocycles. The normalized spacial score (nSPS) is 11.2. The largest absolute Gasteiger partial charge is 0.496 e. The predicted molar refractivity (Wildman–Crippen MR) is 81.2 cm³/mol. The van der Waals surface area contributed by atoms with Crippen molar-refractivity contribution in [2.24, 2.45) is 5.16 Å². The van der Waals surface area contributed by atoms with Gasteiger partial charge in [0.15, 0.2) is 0 Å². The highest BCUT2D eigenvalue weighted by molar-refractivity contribution is 7.12. The second-order valence-electron chi connectivity index (χ2n) is 4.09. The van der Waals surface area contributed by atoms with Crippen LogP contribution >= 0.6 is 11.3 Å². The Balaban J connectivity index is 2.28. The van der Waals surface area contributed by atoms with Gasteiger partial charge in [0.05, 0.1) is 18.4 Å². The van der Waals surface area contributed by atoms with Crippen LogP contribution in [0, 0.1) is 0 Å². The zero-order valence-corrected chi connectivity index (χ0v) is 12.3. The lowest BCUT2D eigenvalue weighted by atomic mass is 10.1. The van der Waals surface area contributed by atoms with Crippen molar-refractivity contribution in [3.05, 3.63) is 52.2 Å². The van der Waals surface area contributed by atoms with Crippen molar-refractivity contribution in [3.8, 4) is 5.75 Å². The van der Waals surface area contributed by atoms with Crippen molar-refractivity contribution >= 4 is 23.0 Å². The van der Waals surface area contributed by atoms with Crippen molar-refractivity contribution < 1.29 is 19.5 Å². The Bertz CT molecular complexity index is 622. The zero-order valence-electron chi connectivity index (χ0n) is 11.5. The number of nitrogens with zero attached hydrogens (tertiary/aromatic N) is 1. The molecule has 0 bridgehead atoms. The van der Waals surface area contributed by atoms with Gasteiger partial charge in [0.2, 0.25) is 0 Å². The summed E-state index contributed by atoms with van der Waals surface area (Å²) in [5, 5.41) is 14.7. The van der Waals surface area contributed by atoms with E-state index in [-0.39, 0.29) is 13.0 Å². The molecule has 6 heteroatoms. The van der Waals surface area contributed by atoms with E-state index in [1.54, 1.807) is 7.11 Å². The summed E-state index contributed by atoms with van der Waals surface area (Å²) < 4.78 is 5.34. The Morgan fingerprint density at radius 2 is 2.10 bits per heavy atom. The Morgan fingerprint density at radius 3 is 2.76 bits per heavy atom. The number of oxime groups is 1. The average Bonchev–Trinajstić information content (AvgIpc) is 3.01. The van der Waals surface area contributed by atoms with Gasteiger partial charge in [0.25, 0.3) is 0 Å². The SMILES string of the molecule is COc1ccccc1/C(=N\OCCC(=O)O)c1cccs1. The number of hydrogen-bond donors (Lipinski definition) is 1. The smallest absolute Gasteiger partial charge is 0.306 e. The lowest BCUT2D eigenvalue weighted by molar-refractivity contribution is -0.138. The molecule has 0 aliphatic heterocycles. The molecule has 0 saturated heterocycles. The van der Waals surface area contributed by atoms with Gasteiger partial charge in [-0.25, -0.2) is 0 Å². The van der Waals surface area contributed by atoms with Crippen molar-refractivity contribution in [1.82, 2.24) is 0 Å². The summed E-state index contributed by atoms with van der Waals surface area (Å²) in [6, 6.07) is 11.3. The van der Waals surface area contributed by atoms with Crippen LogP contribution in [0.4, 0.5) is 0 Å². The molecule has 0 atom stereocenters. The van der Waals surface area contributed by atoms with Gasteiger partial charge >= 0.3 is 5.97 Å². The molecule has 21 heavy (non-hydrogen) atoms. The van der Waals surface area contributed by atoms with E-state index in [1.807, 2.05) is 41.8 Å². The van der Waals surface area contributed by atoms with E-state index in [9.17, 15) is 4.79 Å².